The quantitative estimate of drug-likeness (QED) is 0.324. The van der Waals surface area contributed by atoms with Crippen molar-refractivity contribution < 1.29 is 9.53 Å². The van der Waals surface area contributed by atoms with Crippen LogP contribution in [0.5, 0.6) is 0 Å². The first-order valence-electron chi connectivity index (χ1n) is 10.2. The van der Waals surface area contributed by atoms with E-state index in [0.717, 1.165) is 18.4 Å². The lowest BCUT2D eigenvalue weighted by Crippen LogP contribution is -2.31. The normalized spacial score (nSPS) is 14.6. The van der Waals surface area contributed by atoms with Crippen molar-refractivity contribution in [1.82, 2.24) is 14.9 Å². The topological polar surface area (TPSA) is 73.2 Å². The fourth-order valence-electron chi connectivity index (χ4n) is 3.31. The molecule has 1 aliphatic carbocycles. The number of nitrogens with one attached hydrogen (secondary N) is 1. The van der Waals surface area contributed by atoms with Gasteiger partial charge in [0.15, 0.2) is 5.16 Å². The van der Waals surface area contributed by atoms with Gasteiger partial charge >= 0.3 is 0 Å². The number of carbonyl (C=O) groups is 1. The smallest absolute Gasteiger partial charge is 0.262 e. The highest BCUT2D eigenvalue weighted by Crippen LogP contribution is 2.35. The van der Waals surface area contributed by atoms with Gasteiger partial charge in [-0.3, -0.25) is 14.2 Å². The molecule has 3 aromatic rings. The number of aromatic nitrogens is 2. The molecule has 2 aromatic carbocycles. The van der Waals surface area contributed by atoms with E-state index in [1.54, 1.807) is 17.7 Å². The summed E-state index contributed by atoms with van der Waals surface area (Å²) in [7, 11) is 1.64. The van der Waals surface area contributed by atoms with Crippen molar-refractivity contribution in [3.63, 3.8) is 0 Å². The average Bonchev–Trinajstić information content (AvgIpc) is 3.58. The first-order valence-corrected chi connectivity index (χ1v) is 11.1. The van der Waals surface area contributed by atoms with Crippen molar-refractivity contribution in [2.75, 3.05) is 13.7 Å². The second kappa shape index (κ2) is 9.45. The van der Waals surface area contributed by atoms with E-state index in [4.69, 9.17) is 9.72 Å². The van der Waals surface area contributed by atoms with E-state index >= 15 is 0 Å². The monoisotopic (exact) mass is 423 g/mol. The van der Waals surface area contributed by atoms with Gasteiger partial charge in [0.2, 0.25) is 5.91 Å². The maximum absolute atomic E-state index is 13.2. The van der Waals surface area contributed by atoms with Gasteiger partial charge in [0.25, 0.3) is 5.56 Å². The van der Waals surface area contributed by atoms with Crippen molar-refractivity contribution in [2.24, 2.45) is 0 Å². The van der Waals surface area contributed by atoms with Crippen LogP contribution in [0.15, 0.2) is 64.5 Å². The summed E-state index contributed by atoms with van der Waals surface area (Å²) < 4.78 is 6.84. The zero-order valence-electron chi connectivity index (χ0n) is 16.9. The first kappa shape index (κ1) is 20.6. The lowest BCUT2D eigenvalue weighted by Gasteiger charge is -2.19. The summed E-state index contributed by atoms with van der Waals surface area (Å²) >= 11 is 1.33. The van der Waals surface area contributed by atoms with Crippen LogP contribution in [0.4, 0.5) is 0 Å². The van der Waals surface area contributed by atoms with Crippen molar-refractivity contribution in [1.29, 1.82) is 0 Å². The van der Waals surface area contributed by atoms with Gasteiger partial charge < -0.3 is 10.1 Å². The van der Waals surface area contributed by atoms with Gasteiger partial charge in [-0.2, -0.15) is 0 Å². The van der Waals surface area contributed by atoms with Crippen LogP contribution in [0.3, 0.4) is 0 Å². The summed E-state index contributed by atoms with van der Waals surface area (Å²) in [6.45, 7) is 1.03. The molecule has 0 bridgehead atoms. The minimum absolute atomic E-state index is 0.0421. The van der Waals surface area contributed by atoms with Crippen LogP contribution in [0, 0.1) is 0 Å². The molecule has 1 heterocycles. The van der Waals surface area contributed by atoms with Gasteiger partial charge in [-0.05, 0) is 37.0 Å². The zero-order chi connectivity index (χ0) is 20.9. The molecule has 1 fully saturated rings. The molecule has 30 heavy (non-hydrogen) atoms. The van der Waals surface area contributed by atoms with Crippen molar-refractivity contribution in [2.45, 2.75) is 42.3 Å². The SMILES string of the molecule is COCCCn1c(S[C@@H](C(=O)NC2CC2)c2ccccc2)nc2ccccc2c1=O. The molecule has 0 unspecified atom stereocenters. The lowest BCUT2D eigenvalue weighted by molar-refractivity contribution is -0.120. The third-order valence-corrected chi connectivity index (χ3v) is 6.29. The Bertz CT molecular complexity index is 1080. The molecule has 156 valence electrons. The minimum atomic E-state index is -0.478. The van der Waals surface area contributed by atoms with Crippen LogP contribution in [0.25, 0.3) is 10.9 Å². The molecule has 0 aliphatic heterocycles. The Balaban J connectivity index is 1.73. The van der Waals surface area contributed by atoms with Crippen LogP contribution in [-0.2, 0) is 16.1 Å². The number of hydrogen-bond acceptors (Lipinski definition) is 5. The van der Waals surface area contributed by atoms with Gasteiger partial charge in [-0.1, -0.05) is 54.2 Å². The molecule has 1 N–H and O–H groups in total. The van der Waals surface area contributed by atoms with E-state index in [9.17, 15) is 9.59 Å². The molecule has 1 saturated carbocycles. The number of carbonyl (C=O) groups excluding carboxylic acids is 1. The van der Waals surface area contributed by atoms with Gasteiger partial charge in [-0.25, -0.2) is 4.98 Å². The zero-order valence-corrected chi connectivity index (χ0v) is 17.7. The van der Waals surface area contributed by atoms with Gasteiger partial charge in [0.05, 0.1) is 10.9 Å². The highest BCUT2D eigenvalue weighted by Gasteiger charge is 2.30. The molecular weight excluding hydrogens is 398 g/mol. The van der Waals surface area contributed by atoms with Crippen molar-refractivity contribution >= 4 is 28.6 Å². The van der Waals surface area contributed by atoms with Gasteiger partial charge in [0.1, 0.15) is 5.25 Å². The molecule has 6 nitrogen and oxygen atoms in total. The average molecular weight is 424 g/mol. The van der Waals surface area contributed by atoms with Crippen LogP contribution < -0.4 is 10.9 Å². The molecule has 0 radical (unpaired) electrons. The third kappa shape index (κ3) is 4.74. The number of rotatable bonds is 9. The number of para-hydroxylation sites is 1. The van der Waals surface area contributed by atoms with E-state index in [-0.39, 0.29) is 17.5 Å². The van der Waals surface area contributed by atoms with Crippen molar-refractivity contribution in [3.05, 3.63) is 70.5 Å². The second-order valence-corrected chi connectivity index (χ2v) is 8.48. The van der Waals surface area contributed by atoms with Crippen LogP contribution in [0.2, 0.25) is 0 Å². The minimum Gasteiger partial charge on any atom is -0.385 e. The highest BCUT2D eigenvalue weighted by molar-refractivity contribution is 8.00. The number of fused-ring (bicyclic) bond motifs is 1. The number of hydrogen-bond donors (Lipinski definition) is 1. The first-order chi connectivity index (χ1) is 14.7. The summed E-state index contributed by atoms with van der Waals surface area (Å²) in [5.41, 5.74) is 1.45. The van der Waals surface area contributed by atoms with Gasteiger partial charge in [0, 0.05) is 26.3 Å². The molecule has 0 spiro atoms. The van der Waals surface area contributed by atoms with Crippen LogP contribution in [0.1, 0.15) is 30.1 Å². The molecular formula is C23H25N3O3S. The maximum atomic E-state index is 13.2. The Morgan fingerprint density at radius 2 is 1.93 bits per heavy atom. The van der Waals surface area contributed by atoms with E-state index < -0.39 is 5.25 Å². The number of amides is 1. The molecule has 1 amide bonds. The van der Waals surface area contributed by atoms with Crippen LogP contribution >= 0.6 is 11.8 Å². The Morgan fingerprint density at radius 1 is 1.20 bits per heavy atom. The van der Waals surface area contributed by atoms with Crippen molar-refractivity contribution in [3.8, 4) is 0 Å². The number of methoxy groups -OCH3 is 1. The number of nitrogens with zero attached hydrogens (tertiary/aromatic N) is 2. The predicted molar refractivity (Wildman–Crippen MR) is 119 cm³/mol. The third-order valence-electron chi connectivity index (χ3n) is 5.04. The summed E-state index contributed by atoms with van der Waals surface area (Å²) in [5.74, 6) is -0.0421. The molecule has 1 atom stereocenters. The summed E-state index contributed by atoms with van der Waals surface area (Å²) in [6.07, 6.45) is 2.73. The summed E-state index contributed by atoms with van der Waals surface area (Å²) in [6, 6.07) is 17.3. The molecule has 0 saturated heterocycles. The standard InChI is InChI=1S/C23H25N3O3S/c1-29-15-7-14-26-22(28)18-10-5-6-11-19(18)25-23(26)30-20(16-8-3-2-4-9-16)21(27)24-17-12-13-17/h2-6,8-11,17,20H,7,12-15H2,1H3,(H,24,27)/t20-/m1/s1. The highest BCUT2D eigenvalue weighted by atomic mass is 32.2. The van der Waals surface area contributed by atoms with E-state index in [0.29, 0.717) is 35.6 Å². The maximum Gasteiger partial charge on any atom is 0.262 e. The Hall–Kier alpha value is -2.64. The summed E-state index contributed by atoms with van der Waals surface area (Å²) in [4.78, 5) is 31.0. The Kier molecular flexibility index (Phi) is 6.50. The second-order valence-electron chi connectivity index (χ2n) is 7.41. The largest absolute Gasteiger partial charge is 0.385 e. The Labute approximate surface area is 179 Å². The van der Waals surface area contributed by atoms with Crippen LogP contribution in [-0.4, -0.2) is 35.2 Å². The van der Waals surface area contributed by atoms with E-state index in [2.05, 4.69) is 5.32 Å². The predicted octanol–water partition coefficient (Wildman–Crippen LogP) is 3.55. The number of ether oxygens (including phenoxy) is 1. The fourth-order valence-corrected chi connectivity index (χ4v) is 4.44. The van der Waals surface area contributed by atoms with Gasteiger partial charge in [-0.15, -0.1) is 0 Å². The lowest BCUT2D eigenvalue weighted by atomic mass is 10.1. The van der Waals surface area contributed by atoms with E-state index in [1.165, 1.54) is 11.8 Å². The molecule has 1 aromatic heterocycles. The fraction of sp³-hybridized carbons (Fsp3) is 0.348. The number of thioether (sulfide) groups is 1. The molecule has 7 heteroatoms. The molecule has 1 aliphatic rings. The Morgan fingerprint density at radius 3 is 2.67 bits per heavy atom. The molecule has 4 rings (SSSR count). The van der Waals surface area contributed by atoms with E-state index in [1.807, 2.05) is 48.5 Å². The summed E-state index contributed by atoms with van der Waals surface area (Å²) in [5, 5.41) is 3.76. The number of benzene rings is 2.